The normalized spacial score (nSPS) is 19.9. The predicted octanol–water partition coefficient (Wildman–Crippen LogP) is 3.03. The zero-order chi connectivity index (χ0) is 15.0. The van der Waals surface area contributed by atoms with E-state index in [1.165, 1.54) is 38.6 Å². The lowest BCUT2D eigenvalue weighted by molar-refractivity contribution is 0.126. The Morgan fingerprint density at radius 1 is 1.25 bits per heavy atom. The first-order valence-electron chi connectivity index (χ1n) is 8.60. The molecular weight excluding hydrogens is 248 g/mol. The number of hydrogen-bond acceptors (Lipinski definition) is 3. The van der Waals surface area contributed by atoms with E-state index < -0.39 is 0 Å². The molecule has 0 aromatic heterocycles. The number of aliphatic hydroxyl groups excluding tert-OH is 1. The molecule has 0 heterocycles. The van der Waals surface area contributed by atoms with Gasteiger partial charge in [0.2, 0.25) is 0 Å². The quantitative estimate of drug-likeness (QED) is 0.647. The number of nitrogens with one attached hydrogen (secondary N) is 1. The Hall–Kier alpha value is -0.120. The largest absolute Gasteiger partial charge is 0.394 e. The van der Waals surface area contributed by atoms with Crippen molar-refractivity contribution in [3.05, 3.63) is 0 Å². The Morgan fingerprint density at radius 3 is 2.40 bits per heavy atom. The van der Waals surface area contributed by atoms with Crippen molar-refractivity contribution in [2.45, 2.75) is 77.8 Å². The van der Waals surface area contributed by atoms with Crippen LogP contribution in [0.5, 0.6) is 0 Å². The van der Waals surface area contributed by atoms with Crippen molar-refractivity contribution in [1.82, 2.24) is 10.2 Å². The summed E-state index contributed by atoms with van der Waals surface area (Å²) in [6.45, 7) is 12.4. The zero-order valence-corrected chi connectivity index (χ0v) is 14.1. The molecule has 1 aliphatic carbocycles. The van der Waals surface area contributed by atoms with Gasteiger partial charge in [-0.1, -0.05) is 33.6 Å². The summed E-state index contributed by atoms with van der Waals surface area (Å²) in [5, 5.41) is 13.1. The average molecular weight is 284 g/mol. The summed E-state index contributed by atoms with van der Waals surface area (Å²) >= 11 is 0. The van der Waals surface area contributed by atoms with Gasteiger partial charge in [-0.3, -0.25) is 0 Å². The topological polar surface area (TPSA) is 35.5 Å². The molecule has 0 aliphatic heterocycles. The lowest BCUT2D eigenvalue weighted by atomic mass is 9.97. The van der Waals surface area contributed by atoms with E-state index in [2.05, 4.69) is 37.9 Å². The van der Waals surface area contributed by atoms with Gasteiger partial charge in [0.05, 0.1) is 6.61 Å². The van der Waals surface area contributed by atoms with Gasteiger partial charge in [0.15, 0.2) is 0 Å². The third-order valence-electron chi connectivity index (χ3n) is 4.74. The highest BCUT2D eigenvalue weighted by Gasteiger charge is 2.27. The summed E-state index contributed by atoms with van der Waals surface area (Å²) in [5.74, 6) is 0.775. The summed E-state index contributed by atoms with van der Waals surface area (Å²) in [4.78, 5) is 2.69. The molecule has 0 amide bonds. The molecule has 0 bridgehead atoms. The Morgan fingerprint density at radius 2 is 1.90 bits per heavy atom. The molecule has 120 valence electrons. The van der Waals surface area contributed by atoms with Gasteiger partial charge in [-0.05, 0) is 51.6 Å². The Balaban J connectivity index is 2.50. The van der Waals surface area contributed by atoms with Crippen LogP contribution in [0.2, 0.25) is 0 Å². The van der Waals surface area contributed by atoms with Crippen molar-refractivity contribution in [3.63, 3.8) is 0 Å². The second-order valence-corrected chi connectivity index (χ2v) is 7.16. The van der Waals surface area contributed by atoms with Gasteiger partial charge in [-0.15, -0.1) is 0 Å². The van der Waals surface area contributed by atoms with E-state index in [4.69, 9.17) is 0 Å². The molecule has 20 heavy (non-hydrogen) atoms. The lowest BCUT2D eigenvalue weighted by Crippen LogP contribution is -2.49. The summed E-state index contributed by atoms with van der Waals surface area (Å²) in [6.07, 6.45) is 7.85. The standard InChI is InChI=1S/C17H36N2O/c1-5-18-17(4,14-20)11-13-19(12-10-15(2)3)16-8-6-7-9-16/h15-16,18,20H,5-14H2,1-4H3. The number of rotatable bonds is 10. The third-order valence-corrected chi connectivity index (χ3v) is 4.74. The highest BCUT2D eigenvalue weighted by atomic mass is 16.3. The molecule has 2 N–H and O–H groups in total. The van der Waals surface area contributed by atoms with E-state index in [0.717, 1.165) is 31.5 Å². The molecule has 3 heteroatoms. The minimum Gasteiger partial charge on any atom is -0.394 e. The second kappa shape index (κ2) is 9.01. The van der Waals surface area contributed by atoms with E-state index in [0.29, 0.717) is 0 Å². The molecule has 1 aliphatic rings. The van der Waals surface area contributed by atoms with Crippen LogP contribution in [-0.4, -0.2) is 47.8 Å². The van der Waals surface area contributed by atoms with Gasteiger partial charge in [0.1, 0.15) is 0 Å². The maximum absolute atomic E-state index is 9.63. The SMILES string of the molecule is CCNC(C)(CO)CCN(CCC(C)C)C1CCCC1. The molecule has 1 atom stereocenters. The Labute approximate surface area is 126 Å². The van der Waals surface area contributed by atoms with Crippen LogP contribution in [0.3, 0.4) is 0 Å². The Bertz CT molecular complexity index is 251. The fourth-order valence-corrected chi connectivity index (χ4v) is 3.21. The molecule has 3 nitrogen and oxygen atoms in total. The molecule has 1 rings (SSSR count). The van der Waals surface area contributed by atoms with Crippen LogP contribution in [0.25, 0.3) is 0 Å². The van der Waals surface area contributed by atoms with E-state index in [1.54, 1.807) is 0 Å². The van der Waals surface area contributed by atoms with Crippen LogP contribution in [0.1, 0.15) is 66.2 Å². The smallest absolute Gasteiger partial charge is 0.0611 e. The maximum Gasteiger partial charge on any atom is 0.0611 e. The zero-order valence-electron chi connectivity index (χ0n) is 14.1. The second-order valence-electron chi connectivity index (χ2n) is 7.16. The molecule has 1 saturated carbocycles. The van der Waals surface area contributed by atoms with E-state index in [-0.39, 0.29) is 12.1 Å². The van der Waals surface area contributed by atoms with Gasteiger partial charge in [-0.2, -0.15) is 0 Å². The van der Waals surface area contributed by atoms with Gasteiger partial charge >= 0.3 is 0 Å². The molecule has 1 fully saturated rings. The van der Waals surface area contributed by atoms with Crippen molar-refractivity contribution in [3.8, 4) is 0 Å². The monoisotopic (exact) mass is 284 g/mol. The number of aliphatic hydroxyl groups is 1. The number of hydrogen-bond donors (Lipinski definition) is 2. The molecule has 0 spiro atoms. The molecule has 1 unspecified atom stereocenters. The van der Waals surface area contributed by atoms with Crippen LogP contribution in [0, 0.1) is 5.92 Å². The minimum absolute atomic E-state index is 0.122. The first-order valence-corrected chi connectivity index (χ1v) is 8.60. The molecular formula is C17H36N2O. The first-order chi connectivity index (χ1) is 9.50. The van der Waals surface area contributed by atoms with Crippen LogP contribution >= 0.6 is 0 Å². The highest BCUT2D eigenvalue weighted by molar-refractivity contribution is 4.85. The summed E-state index contributed by atoms with van der Waals surface area (Å²) in [6, 6.07) is 0.790. The highest BCUT2D eigenvalue weighted by Crippen LogP contribution is 2.25. The van der Waals surface area contributed by atoms with Crippen molar-refractivity contribution in [2.24, 2.45) is 5.92 Å². The fourth-order valence-electron chi connectivity index (χ4n) is 3.21. The first kappa shape index (κ1) is 17.9. The predicted molar refractivity (Wildman–Crippen MR) is 87.1 cm³/mol. The van der Waals surface area contributed by atoms with Crippen molar-refractivity contribution >= 4 is 0 Å². The van der Waals surface area contributed by atoms with Crippen molar-refractivity contribution in [2.75, 3.05) is 26.2 Å². The van der Waals surface area contributed by atoms with Gasteiger partial charge < -0.3 is 15.3 Å². The Kier molecular flexibility index (Phi) is 8.08. The lowest BCUT2D eigenvalue weighted by Gasteiger charge is -2.35. The van der Waals surface area contributed by atoms with Gasteiger partial charge in [0.25, 0.3) is 0 Å². The van der Waals surface area contributed by atoms with Gasteiger partial charge in [-0.25, -0.2) is 0 Å². The van der Waals surface area contributed by atoms with E-state index in [1.807, 2.05) is 0 Å². The van der Waals surface area contributed by atoms with Crippen LogP contribution in [0.15, 0.2) is 0 Å². The maximum atomic E-state index is 9.63. The number of nitrogens with zero attached hydrogens (tertiary/aromatic N) is 1. The van der Waals surface area contributed by atoms with Crippen molar-refractivity contribution < 1.29 is 5.11 Å². The molecule has 0 saturated heterocycles. The minimum atomic E-state index is -0.122. The van der Waals surface area contributed by atoms with Gasteiger partial charge in [0, 0.05) is 18.1 Å². The van der Waals surface area contributed by atoms with E-state index >= 15 is 0 Å². The van der Waals surface area contributed by atoms with E-state index in [9.17, 15) is 5.11 Å². The van der Waals surface area contributed by atoms with Crippen LogP contribution in [0.4, 0.5) is 0 Å². The summed E-state index contributed by atoms with van der Waals surface area (Å²) < 4.78 is 0. The third kappa shape index (κ3) is 6.11. The fraction of sp³-hybridized carbons (Fsp3) is 1.00. The number of likely N-dealkylation sites (N-methyl/N-ethyl adjacent to an activating group) is 1. The van der Waals surface area contributed by atoms with Crippen LogP contribution in [-0.2, 0) is 0 Å². The summed E-state index contributed by atoms with van der Waals surface area (Å²) in [5.41, 5.74) is -0.122. The average Bonchev–Trinajstić information content (AvgIpc) is 2.92. The molecule has 0 aromatic carbocycles. The molecule has 0 aromatic rings. The summed E-state index contributed by atoms with van der Waals surface area (Å²) in [7, 11) is 0. The van der Waals surface area contributed by atoms with Crippen molar-refractivity contribution in [1.29, 1.82) is 0 Å². The van der Waals surface area contributed by atoms with Crippen LogP contribution < -0.4 is 5.32 Å². The molecule has 0 radical (unpaired) electrons.